The SMILES string of the molecule is CC(C)(CCCS(=O)(=O)CC(O)CO)N(Cl)Cl. The quantitative estimate of drug-likeness (QED) is 0.652. The van der Waals surface area contributed by atoms with Crippen molar-refractivity contribution in [3.63, 3.8) is 0 Å². The minimum atomic E-state index is -3.36. The molecule has 0 aromatic heterocycles. The second-order valence-electron chi connectivity index (χ2n) is 4.60. The van der Waals surface area contributed by atoms with Gasteiger partial charge in [0.05, 0.1) is 24.2 Å². The van der Waals surface area contributed by atoms with E-state index in [1.165, 1.54) is 0 Å². The Balaban J connectivity index is 4.12. The Bertz CT molecular complexity index is 319. The molecule has 2 N–H and O–H groups in total. The van der Waals surface area contributed by atoms with Crippen LogP contribution < -0.4 is 0 Å². The first-order chi connectivity index (χ1) is 7.60. The molecule has 0 rings (SSSR count). The van der Waals surface area contributed by atoms with Gasteiger partial charge in [-0.25, -0.2) is 8.42 Å². The van der Waals surface area contributed by atoms with E-state index in [-0.39, 0.29) is 5.75 Å². The first-order valence-corrected chi connectivity index (χ1v) is 7.71. The molecule has 0 aromatic rings. The second kappa shape index (κ2) is 7.11. The Morgan fingerprint density at radius 3 is 2.29 bits per heavy atom. The van der Waals surface area contributed by atoms with E-state index in [4.69, 9.17) is 33.8 Å². The van der Waals surface area contributed by atoms with E-state index in [1.54, 1.807) is 13.8 Å². The second-order valence-corrected chi connectivity index (χ2v) is 7.68. The van der Waals surface area contributed by atoms with Crippen molar-refractivity contribution in [1.29, 1.82) is 0 Å². The van der Waals surface area contributed by atoms with Crippen molar-refractivity contribution < 1.29 is 18.6 Å². The van der Waals surface area contributed by atoms with Crippen LogP contribution in [0, 0.1) is 0 Å². The van der Waals surface area contributed by atoms with Crippen molar-refractivity contribution in [2.24, 2.45) is 0 Å². The summed E-state index contributed by atoms with van der Waals surface area (Å²) < 4.78 is 24.0. The van der Waals surface area contributed by atoms with Gasteiger partial charge in [-0.1, -0.05) is 0 Å². The summed E-state index contributed by atoms with van der Waals surface area (Å²) in [6, 6.07) is 0. The van der Waals surface area contributed by atoms with Gasteiger partial charge >= 0.3 is 0 Å². The van der Waals surface area contributed by atoms with Gasteiger partial charge < -0.3 is 10.2 Å². The molecule has 8 heteroatoms. The monoisotopic (exact) mass is 307 g/mol. The lowest BCUT2D eigenvalue weighted by molar-refractivity contribution is 0.112. The zero-order valence-electron chi connectivity index (χ0n) is 9.94. The highest BCUT2D eigenvalue weighted by atomic mass is 35.5. The van der Waals surface area contributed by atoms with Gasteiger partial charge in [-0.3, -0.25) is 0 Å². The number of hydrogen-bond acceptors (Lipinski definition) is 5. The van der Waals surface area contributed by atoms with Crippen molar-refractivity contribution in [2.45, 2.75) is 38.3 Å². The summed E-state index contributed by atoms with van der Waals surface area (Å²) in [4.78, 5) is 0. The molecule has 0 aliphatic carbocycles. The van der Waals surface area contributed by atoms with Crippen LogP contribution >= 0.6 is 23.6 Å². The Kier molecular flexibility index (Phi) is 7.28. The van der Waals surface area contributed by atoms with Gasteiger partial charge in [-0.15, -0.1) is 3.94 Å². The van der Waals surface area contributed by atoms with Gasteiger partial charge in [0.25, 0.3) is 0 Å². The average molecular weight is 308 g/mol. The molecule has 0 radical (unpaired) electrons. The van der Waals surface area contributed by atoms with Crippen LogP contribution in [0.4, 0.5) is 0 Å². The molecule has 0 saturated heterocycles. The third-order valence-electron chi connectivity index (χ3n) is 2.36. The van der Waals surface area contributed by atoms with Crippen molar-refractivity contribution in [3.05, 3.63) is 0 Å². The lowest BCUT2D eigenvalue weighted by atomic mass is 10.0. The topological polar surface area (TPSA) is 77.8 Å². The zero-order valence-corrected chi connectivity index (χ0v) is 12.3. The Hall–Kier alpha value is 0.410. The molecule has 0 amide bonds. The van der Waals surface area contributed by atoms with Crippen molar-refractivity contribution >= 4 is 33.4 Å². The fourth-order valence-corrected chi connectivity index (χ4v) is 2.85. The molecule has 0 aliphatic rings. The van der Waals surface area contributed by atoms with E-state index in [0.717, 1.165) is 3.94 Å². The largest absolute Gasteiger partial charge is 0.394 e. The number of aliphatic hydroxyl groups excluding tert-OH is 2. The van der Waals surface area contributed by atoms with Gasteiger partial charge in [-0.05, 0) is 50.2 Å². The highest BCUT2D eigenvalue weighted by Gasteiger charge is 2.25. The van der Waals surface area contributed by atoms with E-state index in [1.807, 2.05) is 0 Å². The number of nitrogens with zero attached hydrogens (tertiary/aromatic N) is 1. The lowest BCUT2D eigenvalue weighted by Crippen LogP contribution is -2.32. The standard InChI is InChI=1S/C9H19Cl2NO4S/c1-9(2,12(10)11)4-3-5-17(15,16)7-8(14)6-13/h8,13-14H,3-7H2,1-2H3. The predicted molar refractivity (Wildman–Crippen MR) is 68.6 cm³/mol. The van der Waals surface area contributed by atoms with Gasteiger partial charge in [0.1, 0.15) is 0 Å². The predicted octanol–water partition coefficient (Wildman–Crippen LogP) is 0.923. The third kappa shape index (κ3) is 7.43. The Morgan fingerprint density at radius 1 is 1.35 bits per heavy atom. The number of aliphatic hydroxyl groups is 2. The summed E-state index contributed by atoms with van der Waals surface area (Å²) in [5, 5.41) is 17.6. The molecule has 1 unspecified atom stereocenters. The van der Waals surface area contributed by atoms with Gasteiger partial charge in [0.15, 0.2) is 9.84 Å². The highest BCUT2D eigenvalue weighted by molar-refractivity contribution is 7.91. The van der Waals surface area contributed by atoms with Crippen LogP contribution in [-0.2, 0) is 9.84 Å². The summed E-state index contributed by atoms with van der Waals surface area (Å²) in [6.45, 7) is 3.03. The minimum Gasteiger partial charge on any atom is -0.394 e. The van der Waals surface area contributed by atoms with Crippen LogP contribution in [-0.4, -0.2) is 52.3 Å². The molecule has 0 aliphatic heterocycles. The summed E-state index contributed by atoms with van der Waals surface area (Å²) in [6.07, 6.45) is -0.316. The molecular weight excluding hydrogens is 289 g/mol. The molecule has 0 spiro atoms. The third-order valence-corrected chi connectivity index (χ3v) is 5.08. The molecule has 0 heterocycles. The normalized spacial score (nSPS) is 15.2. The fourth-order valence-electron chi connectivity index (χ4n) is 1.24. The summed E-state index contributed by atoms with van der Waals surface area (Å²) >= 11 is 11.2. The average Bonchev–Trinajstić information content (AvgIpc) is 2.15. The maximum Gasteiger partial charge on any atom is 0.152 e. The van der Waals surface area contributed by atoms with Gasteiger partial charge in [0, 0.05) is 5.54 Å². The summed E-state index contributed by atoms with van der Waals surface area (Å²) in [5.74, 6) is -0.482. The number of rotatable bonds is 8. The van der Waals surface area contributed by atoms with Crippen LogP contribution in [0.1, 0.15) is 26.7 Å². The first kappa shape index (κ1) is 17.4. The van der Waals surface area contributed by atoms with E-state index in [9.17, 15) is 8.42 Å². The maximum absolute atomic E-state index is 11.5. The highest BCUT2D eigenvalue weighted by Crippen LogP contribution is 2.25. The van der Waals surface area contributed by atoms with Gasteiger partial charge in [0.2, 0.25) is 0 Å². The van der Waals surface area contributed by atoms with Crippen LogP contribution in [0.3, 0.4) is 0 Å². The van der Waals surface area contributed by atoms with Gasteiger partial charge in [-0.2, -0.15) is 0 Å². The smallest absolute Gasteiger partial charge is 0.152 e. The molecule has 0 fully saturated rings. The molecule has 1 atom stereocenters. The van der Waals surface area contributed by atoms with E-state index in [0.29, 0.717) is 12.8 Å². The Labute approximate surface area is 112 Å². The molecule has 104 valence electrons. The molecule has 0 bridgehead atoms. The van der Waals surface area contributed by atoms with Crippen LogP contribution in [0.5, 0.6) is 0 Å². The first-order valence-electron chi connectivity index (χ1n) is 5.22. The van der Waals surface area contributed by atoms with Crippen LogP contribution in [0.15, 0.2) is 0 Å². The van der Waals surface area contributed by atoms with E-state index >= 15 is 0 Å². The molecule has 0 aromatic carbocycles. The van der Waals surface area contributed by atoms with E-state index < -0.39 is 33.8 Å². The van der Waals surface area contributed by atoms with Crippen LogP contribution in [0.2, 0.25) is 0 Å². The maximum atomic E-state index is 11.5. The lowest BCUT2D eigenvalue weighted by Gasteiger charge is -2.27. The number of sulfone groups is 1. The minimum absolute atomic E-state index is 0.0604. The molecular formula is C9H19Cl2NO4S. The molecule has 17 heavy (non-hydrogen) atoms. The van der Waals surface area contributed by atoms with Crippen molar-refractivity contribution in [2.75, 3.05) is 18.1 Å². The summed E-state index contributed by atoms with van der Waals surface area (Å²) in [7, 11) is -3.36. The van der Waals surface area contributed by atoms with Crippen molar-refractivity contribution in [1.82, 2.24) is 3.94 Å². The van der Waals surface area contributed by atoms with E-state index in [2.05, 4.69) is 0 Å². The Morgan fingerprint density at radius 2 is 1.88 bits per heavy atom. The number of hydrogen-bond donors (Lipinski definition) is 2. The summed E-state index contributed by atoms with van der Waals surface area (Å²) in [5.41, 5.74) is -0.506. The van der Waals surface area contributed by atoms with Crippen LogP contribution in [0.25, 0.3) is 0 Å². The molecule has 5 nitrogen and oxygen atoms in total. The number of halogens is 2. The fraction of sp³-hybridized carbons (Fsp3) is 1.00. The zero-order chi connectivity index (χ0) is 13.7. The van der Waals surface area contributed by atoms with Crippen molar-refractivity contribution in [3.8, 4) is 0 Å². The molecule has 0 saturated carbocycles.